The van der Waals surface area contributed by atoms with Crippen molar-refractivity contribution in [2.45, 2.75) is 94.6 Å². The molecule has 4 heterocycles. The van der Waals surface area contributed by atoms with Crippen molar-refractivity contribution in [1.82, 2.24) is 57.0 Å². The Morgan fingerprint density at radius 2 is 0.484 bits per heavy atom. The zero-order valence-electron chi connectivity index (χ0n) is 65.6. The van der Waals surface area contributed by atoms with Crippen molar-refractivity contribution in [3.8, 4) is 0 Å². The normalized spacial score (nSPS) is 14.8. The molecule has 8 aromatic carbocycles. The minimum atomic E-state index is -5.03. The van der Waals surface area contributed by atoms with Crippen molar-refractivity contribution in [2.24, 2.45) is 20.4 Å². The monoisotopic (exact) mass is 1860 g/mol. The van der Waals surface area contributed by atoms with Crippen LogP contribution in [0.2, 0.25) is 0 Å². The Labute approximate surface area is 709 Å². The van der Waals surface area contributed by atoms with Crippen molar-refractivity contribution in [3.63, 3.8) is 0 Å². The van der Waals surface area contributed by atoms with Gasteiger partial charge in [-0.05, 0) is 163 Å². The Bertz CT molecular complexity index is 6310. The van der Waals surface area contributed by atoms with Gasteiger partial charge in [-0.2, -0.15) is 20.4 Å². The molecule has 12 rings (SSSR count). The molecule has 0 radical (unpaired) electrons. The first-order valence-electron chi connectivity index (χ1n) is 35.1. The van der Waals surface area contributed by atoms with Crippen LogP contribution in [0.3, 0.4) is 0 Å². The second-order valence-electron chi connectivity index (χ2n) is 26.2. The molecular weight excluding hydrogens is 1790 g/mol. The molecular formula is C70H72N20O26S8. The maximum Gasteiger partial charge on any atom is 0.354 e. The topological polar surface area (TPSA) is 609 Å². The number of nitro groups is 2. The van der Waals surface area contributed by atoms with Crippen LogP contribution < -0.4 is 32.3 Å². The van der Waals surface area contributed by atoms with Crippen LogP contribution in [0.1, 0.15) is 52.7 Å². The molecule has 0 fully saturated rings. The van der Waals surface area contributed by atoms with Gasteiger partial charge in [-0.1, -0.05) is 71.8 Å². The maximum absolute atomic E-state index is 13.6. The Kier molecular flexibility index (Phi) is 29.0. The SMILES string of the molecule is CC(=O)Nc1ccc(S(=O)(=O)N(N2CC(C)=NNC2=O)S(=O)(=O)c2ccc(NC(C)=O)cc2)cc1.CC1=NNC(=O)N(N(S(=O)(=O)c2ccc(C)cc2)S(=O)(=O)c2ccc(C)cc2)C1.CC1=NNC(=O)N(N(S(=O)(=O)c2ccc([N+](=O)[O-])cc2)S(=O)(=O)c2ccc([N+](=O)[O-])cc2)C1.CC1=NNC(=O)N(N(S(=O)(=O)c2ccccc2)S(=O)(=O)c2ccccc2)C1. The van der Waals surface area contributed by atoms with Gasteiger partial charge in [-0.3, -0.25) is 29.8 Å². The third kappa shape index (κ3) is 21.4. The fourth-order valence-electron chi connectivity index (χ4n) is 10.8. The lowest BCUT2D eigenvalue weighted by molar-refractivity contribution is -0.385. The second-order valence-corrected chi connectivity index (χ2v) is 41.3. The Morgan fingerprint density at radius 3 is 0.669 bits per heavy atom. The number of nitrogens with one attached hydrogen (secondary N) is 6. The summed E-state index contributed by atoms with van der Waals surface area (Å²) in [4.78, 5) is 89.0. The molecule has 46 nitrogen and oxygen atoms in total. The first-order valence-corrected chi connectivity index (χ1v) is 46.6. The molecule has 10 amide bonds. The molecule has 0 unspecified atom stereocenters. The Morgan fingerprint density at radius 1 is 0.306 bits per heavy atom. The number of amides is 10. The average Bonchev–Trinajstić information content (AvgIpc) is 0.753. The summed E-state index contributed by atoms with van der Waals surface area (Å²) in [6, 6.07) is 37.4. The Hall–Kier alpha value is -13.3. The van der Waals surface area contributed by atoms with Crippen molar-refractivity contribution in [2.75, 3.05) is 36.8 Å². The minimum absolute atomic E-state index is 0.00826. The molecule has 6 N–H and O–H groups in total. The number of hydrogen-bond donors (Lipinski definition) is 6. The quantitative estimate of drug-likeness (QED) is 0.0304. The predicted molar refractivity (Wildman–Crippen MR) is 441 cm³/mol. The third-order valence-corrected chi connectivity index (χ3v) is 33.1. The lowest BCUT2D eigenvalue weighted by Crippen LogP contribution is -2.58. The van der Waals surface area contributed by atoms with E-state index in [0.717, 1.165) is 83.9 Å². The number of anilines is 2. The van der Waals surface area contributed by atoms with E-state index in [4.69, 9.17) is 0 Å². The van der Waals surface area contributed by atoms with Gasteiger partial charge in [0, 0.05) is 64.8 Å². The van der Waals surface area contributed by atoms with Crippen LogP contribution in [0.4, 0.5) is 41.9 Å². The summed E-state index contributed by atoms with van der Waals surface area (Å²) in [6.45, 7) is 10.5. The van der Waals surface area contributed by atoms with Gasteiger partial charge in [-0.15, -0.1) is 0 Å². The van der Waals surface area contributed by atoms with Crippen LogP contribution in [0.15, 0.2) is 266 Å². The molecule has 0 spiro atoms. The zero-order chi connectivity index (χ0) is 91.6. The van der Waals surface area contributed by atoms with Gasteiger partial charge in [0.05, 0.1) is 98.0 Å². The van der Waals surface area contributed by atoms with Gasteiger partial charge in [0.15, 0.2) is 0 Å². The van der Waals surface area contributed by atoms with Crippen molar-refractivity contribution in [1.29, 1.82) is 0 Å². The standard InChI is InChI=1S/C20H22N6O7S2.C18H20N4O5S2.C16H14N6O9S2.C16H16N4O5S2/c1-13-12-25(20(29)24-23-13)26(34(30,31)18-8-4-16(5-9-18)21-14(2)27)35(32,33)19-10-6-17(7-11-19)22-15(3)28;1-13-4-8-16(9-5-13)28(24,25)22(21-12-15(3)19-20-18(21)23)29(26,27)17-10-6-14(2)7-11-17;1-11-10-19(16(23)18-17-11)22(32(28,29)14-6-2-12(3-7-14)20(24)25)33(30,31)15-8-4-13(5-9-15)21(26)27;1-13-12-19(16(21)18-17-13)20(26(22,23)14-8-4-2-5-9-14)27(24,25)15-10-6-3-7-11-15/h4-11H,12H2,1-3H3,(H,21,27)(H,22,28)(H,24,29);4-11H,12H2,1-3H3,(H,20,23);2-9H,10H2,1H3,(H,18,23);2-11H,12H2,1H3,(H,18,21). The van der Waals surface area contributed by atoms with E-state index in [-0.39, 0.29) is 82.6 Å². The molecule has 0 bridgehead atoms. The van der Waals surface area contributed by atoms with Crippen LogP contribution >= 0.6 is 0 Å². The molecule has 8 aromatic rings. The average molecular weight is 1870 g/mol. The number of carbonyl (C=O) groups is 6. The van der Waals surface area contributed by atoms with Crippen LogP contribution in [0.5, 0.6) is 0 Å². The molecule has 4 aliphatic rings. The number of nitrogens with zero attached hydrogens (tertiary/aromatic N) is 14. The summed E-state index contributed by atoms with van der Waals surface area (Å²) < 4.78 is 214. The number of nitro benzene ring substituents is 2. The molecule has 656 valence electrons. The highest BCUT2D eigenvalue weighted by Crippen LogP contribution is 2.35. The van der Waals surface area contributed by atoms with Crippen LogP contribution in [0.25, 0.3) is 0 Å². The van der Waals surface area contributed by atoms with Crippen LogP contribution in [0, 0.1) is 34.1 Å². The summed E-state index contributed by atoms with van der Waals surface area (Å²) in [7, 11) is -38.3. The second kappa shape index (κ2) is 38.0. The number of urea groups is 4. The number of benzene rings is 8. The van der Waals surface area contributed by atoms with E-state index in [2.05, 4.69) is 47.3 Å². The number of non-ortho nitro benzene ring substituents is 2. The van der Waals surface area contributed by atoms with Gasteiger partial charge in [0.25, 0.3) is 91.6 Å². The van der Waals surface area contributed by atoms with E-state index in [9.17, 15) is 116 Å². The highest BCUT2D eigenvalue weighted by molar-refractivity contribution is 8.05. The molecule has 54 heteroatoms. The van der Waals surface area contributed by atoms with E-state index >= 15 is 0 Å². The van der Waals surface area contributed by atoms with E-state index in [1.807, 2.05) is 5.43 Å². The molecule has 0 saturated heterocycles. The molecule has 0 atom stereocenters. The van der Waals surface area contributed by atoms with Crippen molar-refractivity contribution < 1.29 is 106 Å². The van der Waals surface area contributed by atoms with Gasteiger partial charge in [0.2, 0.25) is 11.8 Å². The van der Waals surface area contributed by atoms with Crippen LogP contribution in [-0.4, -0.2) is 197 Å². The highest BCUT2D eigenvalue weighted by Gasteiger charge is 2.50. The fraction of sp³-hybridized carbons (Fsp3) is 0.171. The first kappa shape index (κ1) is 94.5. The van der Waals surface area contributed by atoms with Crippen molar-refractivity contribution >= 4 is 162 Å². The summed E-state index contributed by atoms with van der Waals surface area (Å²) in [5, 5.41) is 43.6. The molecule has 4 aliphatic heterocycles. The number of rotatable bonds is 24. The maximum atomic E-state index is 13.6. The number of hydrazone groups is 4. The molecule has 0 aromatic heterocycles. The van der Waals surface area contributed by atoms with Gasteiger partial charge in [0.1, 0.15) is 0 Å². The van der Waals surface area contributed by atoms with E-state index < -0.39 is 158 Å². The lowest BCUT2D eigenvalue weighted by atomic mass is 10.2. The van der Waals surface area contributed by atoms with Gasteiger partial charge in [-0.25, -0.2) is 128 Å². The third-order valence-electron chi connectivity index (χ3n) is 16.6. The van der Waals surface area contributed by atoms with E-state index in [1.165, 1.54) is 132 Å². The van der Waals surface area contributed by atoms with Crippen molar-refractivity contribution in [3.05, 3.63) is 238 Å². The predicted octanol–water partition coefficient (Wildman–Crippen LogP) is 5.88. The summed E-state index contributed by atoms with van der Waals surface area (Å²) in [5.41, 5.74) is 10.7. The summed E-state index contributed by atoms with van der Waals surface area (Å²) in [5.74, 6) is -0.764. The molecule has 124 heavy (non-hydrogen) atoms. The first-order chi connectivity index (χ1) is 57.9. The molecule has 0 saturated carbocycles. The minimum Gasteiger partial charge on any atom is -0.326 e. The van der Waals surface area contributed by atoms with Gasteiger partial charge >= 0.3 is 24.1 Å². The Balaban J connectivity index is 0.000000188. The largest absolute Gasteiger partial charge is 0.354 e. The van der Waals surface area contributed by atoms with E-state index in [0.29, 0.717) is 31.5 Å². The summed E-state index contributed by atoms with van der Waals surface area (Å²) in [6.07, 6.45) is 0. The zero-order valence-corrected chi connectivity index (χ0v) is 72.1. The smallest absolute Gasteiger partial charge is 0.326 e. The number of hydrogen-bond acceptors (Lipinski definition) is 30. The van der Waals surface area contributed by atoms with Crippen LogP contribution in [-0.2, 0) is 89.8 Å². The van der Waals surface area contributed by atoms with E-state index in [1.54, 1.807) is 57.2 Å². The number of hydrazine groups is 4. The summed E-state index contributed by atoms with van der Waals surface area (Å²) >= 11 is 0. The fourth-order valence-corrected chi connectivity index (χ4v) is 25.5. The lowest BCUT2D eigenvalue weighted by Gasteiger charge is -2.34. The molecule has 0 aliphatic carbocycles. The number of carbonyl (C=O) groups excluding carboxylic acids is 6. The van der Waals surface area contributed by atoms with Gasteiger partial charge < -0.3 is 10.6 Å². The highest BCUT2D eigenvalue weighted by atomic mass is 32.3. The number of aryl methyl sites for hydroxylation is 2. The number of sulfonamides is 8.